The molecule has 5 aromatic rings. The number of nitrogens with zero attached hydrogens (tertiary/aromatic N) is 2. The normalized spacial score (nSPS) is 11.3. The molecule has 0 atom stereocenters. The molecule has 0 aliphatic heterocycles. The first-order valence-corrected chi connectivity index (χ1v) is 20.8. The van der Waals surface area contributed by atoms with Crippen molar-refractivity contribution in [1.29, 1.82) is 5.26 Å². The molecule has 0 saturated carbocycles. The number of hydrogen-bond acceptors (Lipinski definition) is 5. The van der Waals surface area contributed by atoms with Gasteiger partial charge in [0.25, 0.3) is 0 Å². The Balaban J connectivity index is 1.35. The summed E-state index contributed by atoms with van der Waals surface area (Å²) in [6.45, 7) is 5.91. The number of nitriles is 1. The average molecular weight is 799 g/mol. The zero-order chi connectivity index (χ0) is 35.1. The van der Waals surface area contributed by atoms with E-state index in [9.17, 15) is 9.90 Å². The number of carboxylic acids is 1. The van der Waals surface area contributed by atoms with Crippen LogP contribution in [0.5, 0.6) is 11.5 Å². The van der Waals surface area contributed by atoms with Crippen molar-refractivity contribution in [1.82, 2.24) is 0 Å². The summed E-state index contributed by atoms with van der Waals surface area (Å²) < 4.78 is 16.8. The van der Waals surface area contributed by atoms with Gasteiger partial charge in [-0.25, -0.2) is 0 Å². The van der Waals surface area contributed by atoms with Crippen LogP contribution >= 0.6 is 0 Å². The summed E-state index contributed by atoms with van der Waals surface area (Å²) >= 11 is 0.107. The van der Waals surface area contributed by atoms with Crippen molar-refractivity contribution < 1.29 is 19.4 Å². The minimum atomic E-state index is -1.19. The van der Waals surface area contributed by atoms with Crippen molar-refractivity contribution in [3.05, 3.63) is 107 Å². The van der Waals surface area contributed by atoms with Crippen molar-refractivity contribution >= 4 is 58.1 Å². The summed E-state index contributed by atoms with van der Waals surface area (Å²) in [6.07, 6.45) is 10.9. The maximum absolute atomic E-state index is 11.3. The van der Waals surface area contributed by atoms with Gasteiger partial charge in [-0.2, -0.15) is 0 Å². The molecule has 8 heteroatoms. The van der Waals surface area contributed by atoms with Gasteiger partial charge in [-0.15, -0.1) is 0 Å². The number of carbonyl (C=O) groups is 1. The molecule has 50 heavy (non-hydrogen) atoms. The molecule has 0 amide bonds. The first kappa shape index (κ1) is 37.0. The van der Waals surface area contributed by atoms with Gasteiger partial charge in [0.2, 0.25) is 0 Å². The standard InChI is InChI=1S/C42H44N2O4Se2/c1-3-5-7-9-27-47-36-19-15-34(16-20-36)44(35-17-21-37(22-18-35)48-28-10-8-6-4-2)33-13-11-31(12-14-33)39-25-26-41(50-39)40-24-23-38(49-40)29-32(30-43)42(45)46/h11-26,29H,3-10,27-28H2,1-2H3,(H,45,46)/b32-29-. The summed E-state index contributed by atoms with van der Waals surface area (Å²) in [5, 5.41) is 18.4. The summed E-state index contributed by atoms with van der Waals surface area (Å²) in [4.78, 5) is 13.5. The summed E-state index contributed by atoms with van der Waals surface area (Å²) in [5.74, 6) is 0.581. The second-order valence-corrected chi connectivity index (χ2v) is 16.6. The molecular weight excluding hydrogens is 754 g/mol. The van der Waals surface area contributed by atoms with Gasteiger partial charge in [0.05, 0.1) is 0 Å². The van der Waals surface area contributed by atoms with Crippen LogP contribution in [-0.2, 0) is 4.79 Å². The minimum absolute atomic E-state index is 0.0237. The number of rotatable bonds is 19. The fraction of sp³-hybridized carbons (Fsp3) is 0.286. The van der Waals surface area contributed by atoms with Crippen LogP contribution in [0.15, 0.2) is 103 Å². The Morgan fingerprint density at radius 2 is 1.14 bits per heavy atom. The molecule has 258 valence electrons. The first-order chi connectivity index (χ1) is 24.5. The third-order valence-corrected chi connectivity index (χ3v) is 13.6. The molecule has 0 aliphatic carbocycles. The molecule has 0 unspecified atom stereocenters. The third kappa shape index (κ3) is 10.4. The second-order valence-electron chi connectivity index (χ2n) is 12.0. The SMILES string of the molecule is CCCCCCOc1ccc(N(c2ccc(OCCCCCC)cc2)c2ccc(-c3ccc(-c4ccc(/C=C(/C#N)C(=O)O)[se]4)[se]3)cc2)cc1. The molecule has 0 fully saturated rings. The van der Waals surface area contributed by atoms with Crippen LogP contribution in [0.4, 0.5) is 17.1 Å². The Labute approximate surface area is 308 Å². The summed E-state index contributed by atoms with van der Waals surface area (Å²) in [5.41, 5.74) is 4.12. The van der Waals surface area contributed by atoms with Gasteiger partial charge in [-0.05, 0) is 12.8 Å². The Bertz CT molecular complexity index is 1810. The van der Waals surface area contributed by atoms with Gasteiger partial charge >= 0.3 is 244 Å². The zero-order valence-electron chi connectivity index (χ0n) is 28.8. The summed E-state index contributed by atoms with van der Waals surface area (Å²) in [6, 6.07) is 35.6. The number of carboxylic acid groups (broad SMARTS) is 1. The number of unbranched alkanes of at least 4 members (excludes halogenated alkanes) is 6. The second kappa shape index (κ2) is 19.2. The Kier molecular flexibility index (Phi) is 14.2. The topological polar surface area (TPSA) is 82.8 Å². The molecule has 0 spiro atoms. The van der Waals surface area contributed by atoms with Gasteiger partial charge in [0, 0.05) is 0 Å². The van der Waals surface area contributed by atoms with E-state index in [0.29, 0.717) is 0 Å². The molecule has 0 aliphatic rings. The van der Waals surface area contributed by atoms with Crippen LogP contribution in [0.3, 0.4) is 0 Å². The van der Waals surface area contributed by atoms with Crippen LogP contribution in [0.25, 0.3) is 25.0 Å². The maximum atomic E-state index is 11.3. The molecular formula is C42H44N2O4Se2. The van der Waals surface area contributed by atoms with E-state index in [1.807, 2.05) is 6.07 Å². The number of anilines is 3. The van der Waals surface area contributed by atoms with E-state index >= 15 is 0 Å². The van der Waals surface area contributed by atoms with E-state index in [2.05, 4.69) is 110 Å². The fourth-order valence-corrected chi connectivity index (χ4v) is 10.2. The van der Waals surface area contributed by atoms with Crippen molar-refractivity contribution in [2.75, 3.05) is 18.1 Å². The Morgan fingerprint density at radius 3 is 1.64 bits per heavy atom. The molecule has 3 aromatic carbocycles. The van der Waals surface area contributed by atoms with Crippen LogP contribution in [0.1, 0.15) is 69.7 Å². The quantitative estimate of drug-likeness (QED) is 0.0388. The van der Waals surface area contributed by atoms with E-state index in [-0.39, 0.29) is 34.6 Å². The zero-order valence-corrected chi connectivity index (χ0v) is 32.2. The van der Waals surface area contributed by atoms with Gasteiger partial charge in [-0.3, -0.25) is 0 Å². The molecule has 6 nitrogen and oxygen atoms in total. The third-order valence-electron chi connectivity index (χ3n) is 8.25. The van der Waals surface area contributed by atoms with E-state index < -0.39 is 5.97 Å². The molecule has 0 radical (unpaired) electrons. The molecule has 1 N–H and O–H groups in total. The number of benzene rings is 3. The van der Waals surface area contributed by atoms with Gasteiger partial charge < -0.3 is 0 Å². The fourth-order valence-electron chi connectivity index (χ4n) is 5.51. The van der Waals surface area contributed by atoms with Crippen molar-refractivity contribution in [2.45, 2.75) is 65.2 Å². The van der Waals surface area contributed by atoms with E-state index in [0.717, 1.165) is 59.1 Å². The van der Waals surface area contributed by atoms with Gasteiger partial charge in [0.1, 0.15) is 0 Å². The number of aliphatic carboxylic acids is 1. The molecule has 5 rings (SSSR count). The molecule has 0 bridgehead atoms. The predicted molar refractivity (Wildman–Crippen MR) is 206 cm³/mol. The Morgan fingerprint density at radius 1 is 0.660 bits per heavy atom. The van der Waals surface area contributed by atoms with E-state index in [1.165, 1.54) is 63.5 Å². The van der Waals surface area contributed by atoms with Crippen molar-refractivity contribution in [2.24, 2.45) is 0 Å². The summed E-state index contributed by atoms with van der Waals surface area (Å²) in [7, 11) is 0. The number of ether oxygens (including phenoxy) is 2. The van der Waals surface area contributed by atoms with Gasteiger partial charge in [0.15, 0.2) is 0 Å². The first-order valence-electron chi connectivity index (χ1n) is 17.4. The van der Waals surface area contributed by atoms with Gasteiger partial charge in [-0.1, -0.05) is 52.4 Å². The van der Waals surface area contributed by atoms with Crippen LogP contribution in [0, 0.1) is 11.3 Å². The Hall–Kier alpha value is -4.24. The molecule has 2 aromatic heterocycles. The van der Waals surface area contributed by atoms with Crippen molar-refractivity contribution in [3.63, 3.8) is 0 Å². The monoisotopic (exact) mass is 800 g/mol. The molecule has 2 heterocycles. The predicted octanol–water partition coefficient (Wildman–Crippen LogP) is 10.5. The molecule has 0 saturated heterocycles. The average Bonchev–Trinajstić information content (AvgIpc) is 3.82. The van der Waals surface area contributed by atoms with Crippen LogP contribution in [-0.4, -0.2) is 53.3 Å². The van der Waals surface area contributed by atoms with E-state index in [1.54, 1.807) is 6.07 Å². The van der Waals surface area contributed by atoms with Crippen molar-refractivity contribution in [3.8, 4) is 36.4 Å². The van der Waals surface area contributed by atoms with E-state index in [4.69, 9.17) is 14.7 Å². The van der Waals surface area contributed by atoms with Crippen LogP contribution in [0.2, 0.25) is 0 Å². The van der Waals surface area contributed by atoms with Crippen LogP contribution < -0.4 is 14.4 Å². The number of hydrogen-bond donors (Lipinski definition) is 1.